The van der Waals surface area contributed by atoms with Gasteiger partial charge in [0.25, 0.3) is 0 Å². The summed E-state index contributed by atoms with van der Waals surface area (Å²) < 4.78 is 23.5. The summed E-state index contributed by atoms with van der Waals surface area (Å²) in [6.45, 7) is 10.3. The van der Waals surface area contributed by atoms with Crippen molar-refractivity contribution in [2.24, 2.45) is 46.3 Å². The smallest absolute Gasteiger partial charge is 0.335 e. The first-order valence-electron chi connectivity index (χ1n) is 19.8. The van der Waals surface area contributed by atoms with Gasteiger partial charge in [0, 0.05) is 6.61 Å². The van der Waals surface area contributed by atoms with E-state index in [4.69, 9.17) is 18.9 Å². The molecule has 0 spiro atoms. The number of hydrogen-bond acceptors (Lipinski definition) is 13. The van der Waals surface area contributed by atoms with Gasteiger partial charge in [0.05, 0.1) is 24.4 Å². The van der Waals surface area contributed by atoms with Crippen LogP contribution in [0.3, 0.4) is 0 Å². The lowest BCUT2D eigenvalue weighted by molar-refractivity contribution is -0.366. The molecule has 14 nitrogen and oxygen atoms in total. The molecule has 9 N–H and O–H groups in total. The zero-order valence-corrected chi connectivity index (χ0v) is 31.7. The molecular weight excluding hydrogens is 692 g/mol. The summed E-state index contributed by atoms with van der Waals surface area (Å²) in [6, 6.07) is 0. The Hall–Kier alpha value is -1.27. The van der Waals surface area contributed by atoms with Crippen LogP contribution in [0.25, 0.3) is 0 Å². The highest BCUT2D eigenvalue weighted by Crippen LogP contribution is 2.67. The molecule has 0 aromatic carbocycles. The number of ether oxygens (including phenoxy) is 4. The van der Waals surface area contributed by atoms with Crippen molar-refractivity contribution in [2.75, 3.05) is 6.61 Å². The van der Waals surface area contributed by atoms with Crippen molar-refractivity contribution in [3.8, 4) is 0 Å². The molecule has 0 amide bonds. The highest BCUT2D eigenvalue weighted by atomic mass is 16.8. The van der Waals surface area contributed by atoms with E-state index in [1.165, 1.54) is 12.5 Å². The molecule has 3 saturated carbocycles. The van der Waals surface area contributed by atoms with Gasteiger partial charge in [-0.25, -0.2) is 4.79 Å². The number of aliphatic hydroxyl groups is 8. The number of allylic oxidation sites excluding steroid dienone is 1. The highest BCUT2D eigenvalue weighted by molar-refractivity contribution is 5.73. The van der Waals surface area contributed by atoms with Gasteiger partial charge >= 0.3 is 5.97 Å². The number of aliphatic hydroxyl groups excluding tert-OH is 8. The zero-order valence-electron chi connectivity index (χ0n) is 31.7. The van der Waals surface area contributed by atoms with Crippen LogP contribution in [-0.4, -0.2) is 138 Å². The fourth-order valence-corrected chi connectivity index (χ4v) is 11.6. The van der Waals surface area contributed by atoms with E-state index in [-0.39, 0.29) is 35.2 Å². The van der Waals surface area contributed by atoms with E-state index in [0.29, 0.717) is 43.4 Å². The van der Waals surface area contributed by atoms with E-state index in [9.17, 15) is 50.8 Å². The Morgan fingerprint density at radius 2 is 1.62 bits per heavy atom. The summed E-state index contributed by atoms with van der Waals surface area (Å²) in [5, 5.41) is 94.7. The zero-order chi connectivity index (χ0) is 38.7. The topological polar surface area (TPSA) is 236 Å². The van der Waals surface area contributed by atoms with Gasteiger partial charge in [0.1, 0.15) is 36.6 Å². The predicted molar refractivity (Wildman–Crippen MR) is 188 cm³/mol. The lowest BCUT2D eigenvalue weighted by Gasteiger charge is -2.58. The maximum Gasteiger partial charge on any atom is 0.335 e. The molecule has 0 bridgehead atoms. The van der Waals surface area contributed by atoms with Crippen molar-refractivity contribution in [1.29, 1.82) is 0 Å². The minimum Gasteiger partial charge on any atom is -0.479 e. The number of carboxylic acid groups (broad SMARTS) is 1. The van der Waals surface area contributed by atoms with Crippen LogP contribution < -0.4 is 0 Å². The third kappa shape index (κ3) is 7.50. The lowest BCUT2D eigenvalue weighted by atomic mass is 9.47. The fraction of sp³-hybridized carbons (Fsp3) is 0.923. The van der Waals surface area contributed by atoms with Crippen LogP contribution in [0.15, 0.2) is 11.6 Å². The van der Waals surface area contributed by atoms with Crippen molar-refractivity contribution in [3.63, 3.8) is 0 Å². The summed E-state index contributed by atoms with van der Waals surface area (Å²) in [6.07, 6.45) is -8.01. The second-order valence-corrected chi connectivity index (χ2v) is 18.0. The first-order chi connectivity index (χ1) is 24.9. The number of hydrogen-bond donors (Lipinski definition) is 9. The average Bonchev–Trinajstić information content (AvgIpc) is 3.40. The highest BCUT2D eigenvalue weighted by Gasteiger charge is 2.62. The van der Waals surface area contributed by atoms with Crippen LogP contribution >= 0.6 is 0 Å². The monoisotopic (exact) mass is 756 g/mol. The molecule has 14 heteroatoms. The molecule has 304 valence electrons. The van der Waals surface area contributed by atoms with Crippen LogP contribution in [0.2, 0.25) is 0 Å². The van der Waals surface area contributed by atoms with Crippen molar-refractivity contribution >= 4 is 5.97 Å². The van der Waals surface area contributed by atoms with Crippen LogP contribution in [0.5, 0.6) is 0 Å². The van der Waals surface area contributed by atoms with Crippen LogP contribution in [0.4, 0.5) is 0 Å². The summed E-state index contributed by atoms with van der Waals surface area (Å²) in [5.74, 6) is -0.369. The van der Waals surface area contributed by atoms with E-state index in [2.05, 4.69) is 26.8 Å². The van der Waals surface area contributed by atoms with Gasteiger partial charge < -0.3 is 64.9 Å². The molecule has 21 unspecified atom stereocenters. The van der Waals surface area contributed by atoms with Gasteiger partial charge in [-0.3, -0.25) is 0 Å². The summed E-state index contributed by atoms with van der Waals surface area (Å²) in [5.41, 5.74) is 1.03. The summed E-state index contributed by atoms with van der Waals surface area (Å²) in [7, 11) is 0. The minimum absolute atomic E-state index is 0.0129. The molecule has 2 heterocycles. The standard InChI is InChI=1S/C39H64O14/c1-17(16-40)6-9-25(41)18(2)27-26(42)15-24-22-8-7-20-14-21(10-12-38(20,4)23(22)11-13-39(24,27)5)51-37-34(31(46)30(45)33(52-37)35(48)49)53-36-32(47)29(44)28(43)19(3)50-36/h7,17-19,21-34,36-37,40-47H,6,8-16H2,1-5H3,(H,48,49). The second-order valence-electron chi connectivity index (χ2n) is 18.0. The quantitative estimate of drug-likeness (QED) is 0.134. The Bertz CT molecular complexity index is 1310. The molecule has 0 radical (unpaired) electrons. The van der Waals surface area contributed by atoms with Crippen molar-refractivity contribution in [1.82, 2.24) is 0 Å². The SMILES string of the molecule is CC(CO)CCC(O)C(C)C1C(O)CC2C3CC=C4CC(OC5OC(C(=O)O)C(O)C(O)C5OC5OC(C)C(O)C(O)C5O)CCC4(C)C3CCC21C. The van der Waals surface area contributed by atoms with E-state index in [1.807, 2.05) is 6.92 Å². The normalized spacial score (nSPS) is 50.2. The molecule has 0 aromatic rings. The lowest BCUT2D eigenvalue weighted by Crippen LogP contribution is -2.65. The van der Waals surface area contributed by atoms with E-state index >= 15 is 0 Å². The van der Waals surface area contributed by atoms with Crippen molar-refractivity contribution in [3.05, 3.63) is 11.6 Å². The van der Waals surface area contributed by atoms with Gasteiger partial charge in [0.15, 0.2) is 18.7 Å². The van der Waals surface area contributed by atoms with E-state index in [1.54, 1.807) is 0 Å². The van der Waals surface area contributed by atoms with Crippen molar-refractivity contribution < 1.29 is 69.7 Å². The maximum absolute atomic E-state index is 12.0. The van der Waals surface area contributed by atoms with Crippen LogP contribution in [-0.2, 0) is 23.7 Å². The molecule has 6 rings (SSSR count). The largest absolute Gasteiger partial charge is 0.479 e. The molecule has 0 aromatic heterocycles. The summed E-state index contributed by atoms with van der Waals surface area (Å²) >= 11 is 0. The van der Waals surface area contributed by atoms with Gasteiger partial charge in [-0.05, 0) is 111 Å². The minimum atomic E-state index is -1.88. The number of carboxylic acids is 1. The average molecular weight is 757 g/mol. The van der Waals surface area contributed by atoms with Crippen LogP contribution in [0.1, 0.15) is 92.4 Å². The molecule has 2 saturated heterocycles. The van der Waals surface area contributed by atoms with E-state index < -0.39 is 85.7 Å². The summed E-state index contributed by atoms with van der Waals surface area (Å²) in [4.78, 5) is 12.0. The molecular formula is C39H64O14. The maximum atomic E-state index is 12.0. The first-order valence-corrected chi connectivity index (χ1v) is 19.8. The molecule has 6 aliphatic rings. The Morgan fingerprint density at radius 3 is 2.30 bits per heavy atom. The Morgan fingerprint density at radius 1 is 0.906 bits per heavy atom. The molecule has 53 heavy (non-hydrogen) atoms. The molecule has 2 aliphatic heterocycles. The molecule has 21 atom stereocenters. The number of aliphatic carboxylic acids is 1. The van der Waals surface area contributed by atoms with Gasteiger partial charge in [-0.2, -0.15) is 0 Å². The third-order valence-corrected chi connectivity index (χ3v) is 14.8. The Labute approximate surface area is 312 Å². The van der Waals surface area contributed by atoms with Gasteiger partial charge in [0.2, 0.25) is 0 Å². The van der Waals surface area contributed by atoms with Crippen LogP contribution in [0, 0.1) is 46.3 Å². The fourth-order valence-electron chi connectivity index (χ4n) is 11.6. The Kier molecular flexibility index (Phi) is 12.4. The number of carbonyl (C=O) groups is 1. The molecule has 4 aliphatic carbocycles. The second kappa shape index (κ2) is 15.9. The van der Waals surface area contributed by atoms with Gasteiger partial charge in [-0.1, -0.05) is 39.3 Å². The number of fused-ring (bicyclic) bond motifs is 5. The number of rotatable bonds is 11. The predicted octanol–water partition coefficient (Wildman–Crippen LogP) is 1.07. The molecule has 5 fully saturated rings. The van der Waals surface area contributed by atoms with Gasteiger partial charge in [-0.15, -0.1) is 0 Å². The third-order valence-electron chi connectivity index (χ3n) is 14.8. The van der Waals surface area contributed by atoms with Crippen molar-refractivity contribution in [2.45, 2.75) is 172 Å². The Balaban J connectivity index is 1.16. The van der Waals surface area contributed by atoms with E-state index in [0.717, 1.165) is 32.1 Å². The first kappa shape index (κ1) is 41.4.